The number of H-pyrrole nitrogens is 1. The molecule has 0 bridgehead atoms. The fourth-order valence-corrected chi connectivity index (χ4v) is 5.76. The van der Waals surface area contributed by atoms with Gasteiger partial charge in [0.25, 0.3) is 5.56 Å². The molecule has 1 aliphatic carbocycles. The first kappa shape index (κ1) is 21.6. The SMILES string of the molecule is Cc1nn(-c2ccc(C(=O)C(C#N)c3nc4sc5c(c4c(=O)[nH]3)CCCC5)cc2)c(C)c1Cl. The molecule has 33 heavy (non-hydrogen) atoms. The molecule has 3 heterocycles. The first-order valence-electron chi connectivity index (χ1n) is 10.7. The van der Waals surface area contributed by atoms with Crippen LogP contribution in [0.25, 0.3) is 15.9 Å². The van der Waals surface area contributed by atoms with Crippen molar-refractivity contribution < 1.29 is 4.79 Å². The summed E-state index contributed by atoms with van der Waals surface area (Å²) in [5.74, 6) is -1.53. The molecule has 1 unspecified atom stereocenters. The zero-order valence-electron chi connectivity index (χ0n) is 18.1. The van der Waals surface area contributed by atoms with E-state index in [4.69, 9.17) is 11.6 Å². The Morgan fingerprint density at radius 1 is 1.24 bits per heavy atom. The molecule has 4 aromatic rings. The van der Waals surface area contributed by atoms with E-state index in [0.29, 0.717) is 20.8 Å². The Balaban J connectivity index is 1.49. The number of rotatable bonds is 4. The number of hydrogen-bond donors (Lipinski definition) is 1. The van der Waals surface area contributed by atoms with Crippen molar-refractivity contribution in [2.24, 2.45) is 0 Å². The molecule has 7 nitrogen and oxygen atoms in total. The van der Waals surface area contributed by atoms with Crippen LogP contribution >= 0.6 is 22.9 Å². The number of benzene rings is 1. The topological polar surface area (TPSA) is 104 Å². The number of carbonyl (C=O) groups excluding carboxylic acids is 1. The molecule has 0 spiro atoms. The Kier molecular flexibility index (Phi) is 5.39. The summed E-state index contributed by atoms with van der Waals surface area (Å²) in [6.45, 7) is 3.70. The van der Waals surface area contributed by atoms with E-state index < -0.39 is 11.7 Å². The van der Waals surface area contributed by atoms with Crippen molar-refractivity contribution in [2.45, 2.75) is 45.4 Å². The van der Waals surface area contributed by atoms with Crippen LogP contribution in [0.15, 0.2) is 29.1 Å². The lowest BCUT2D eigenvalue weighted by Gasteiger charge is -2.10. The third-order valence-electron chi connectivity index (χ3n) is 6.11. The number of aromatic amines is 1. The molecular formula is C24H20ClN5O2S. The molecule has 1 aromatic carbocycles. The van der Waals surface area contributed by atoms with Gasteiger partial charge in [-0.15, -0.1) is 11.3 Å². The van der Waals surface area contributed by atoms with E-state index >= 15 is 0 Å². The van der Waals surface area contributed by atoms with Gasteiger partial charge < -0.3 is 4.98 Å². The Labute approximate surface area is 198 Å². The maximum absolute atomic E-state index is 13.2. The number of aromatic nitrogens is 4. The molecule has 1 aliphatic rings. The zero-order valence-corrected chi connectivity index (χ0v) is 19.7. The number of aryl methyl sites for hydroxylation is 3. The van der Waals surface area contributed by atoms with Gasteiger partial charge in [0.05, 0.1) is 33.6 Å². The van der Waals surface area contributed by atoms with Gasteiger partial charge in [-0.05, 0) is 69.4 Å². The van der Waals surface area contributed by atoms with Gasteiger partial charge in [-0.2, -0.15) is 10.4 Å². The number of Topliss-reactive ketones (excluding diaryl/α,β-unsaturated/α-hetero) is 1. The summed E-state index contributed by atoms with van der Waals surface area (Å²) < 4.78 is 1.71. The Hall–Kier alpha value is -3.28. The third-order valence-corrected chi connectivity index (χ3v) is 7.84. The summed E-state index contributed by atoms with van der Waals surface area (Å²) >= 11 is 7.73. The van der Waals surface area contributed by atoms with Gasteiger partial charge in [-0.25, -0.2) is 9.67 Å². The van der Waals surface area contributed by atoms with Crippen molar-refractivity contribution in [1.82, 2.24) is 19.7 Å². The number of nitriles is 1. The first-order chi connectivity index (χ1) is 15.9. The second kappa shape index (κ2) is 8.25. The normalized spacial score (nSPS) is 14.1. The van der Waals surface area contributed by atoms with E-state index in [9.17, 15) is 14.9 Å². The third kappa shape index (κ3) is 3.58. The van der Waals surface area contributed by atoms with E-state index in [1.807, 2.05) is 19.9 Å². The molecule has 0 saturated heterocycles. The molecule has 0 fully saturated rings. The molecular weight excluding hydrogens is 458 g/mol. The monoisotopic (exact) mass is 477 g/mol. The summed E-state index contributed by atoms with van der Waals surface area (Å²) in [6, 6.07) is 8.82. The van der Waals surface area contributed by atoms with Crippen molar-refractivity contribution in [2.75, 3.05) is 0 Å². The van der Waals surface area contributed by atoms with Gasteiger partial charge in [0.15, 0.2) is 11.7 Å². The zero-order chi connectivity index (χ0) is 23.3. The van der Waals surface area contributed by atoms with E-state index in [-0.39, 0.29) is 11.4 Å². The Morgan fingerprint density at radius 2 is 1.97 bits per heavy atom. The molecule has 3 aromatic heterocycles. The predicted octanol–water partition coefficient (Wildman–Crippen LogP) is 4.81. The molecule has 0 saturated carbocycles. The largest absolute Gasteiger partial charge is 0.308 e. The van der Waals surface area contributed by atoms with Crippen molar-refractivity contribution >= 4 is 38.9 Å². The smallest absolute Gasteiger partial charge is 0.259 e. The van der Waals surface area contributed by atoms with Crippen molar-refractivity contribution in [3.63, 3.8) is 0 Å². The predicted molar refractivity (Wildman–Crippen MR) is 128 cm³/mol. The van der Waals surface area contributed by atoms with Gasteiger partial charge in [0.2, 0.25) is 0 Å². The highest BCUT2D eigenvalue weighted by Gasteiger charge is 2.27. The van der Waals surface area contributed by atoms with Crippen LogP contribution < -0.4 is 5.56 Å². The number of nitrogens with zero attached hydrogens (tertiary/aromatic N) is 4. The Bertz CT molecular complexity index is 1510. The van der Waals surface area contributed by atoms with Crippen LogP contribution in [0.1, 0.15) is 56.8 Å². The van der Waals surface area contributed by atoms with Crippen LogP contribution in [0.3, 0.4) is 0 Å². The fourth-order valence-electron chi connectivity index (χ4n) is 4.37. The first-order valence-corrected chi connectivity index (χ1v) is 11.9. The van der Waals surface area contributed by atoms with Gasteiger partial charge in [0.1, 0.15) is 10.7 Å². The molecule has 166 valence electrons. The van der Waals surface area contributed by atoms with E-state index in [0.717, 1.165) is 48.3 Å². The van der Waals surface area contributed by atoms with Crippen molar-refractivity contribution in [1.29, 1.82) is 5.26 Å². The van der Waals surface area contributed by atoms with E-state index in [1.165, 1.54) is 16.2 Å². The highest BCUT2D eigenvalue weighted by atomic mass is 35.5. The minimum Gasteiger partial charge on any atom is -0.308 e. The number of carbonyl (C=O) groups is 1. The summed E-state index contributed by atoms with van der Waals surface area (Å²) in [7, 11) is 0. The summed E-state index contributed by atoms with van der Waals surface area (Å²) in [4.78, 5) is 35.0. The van der Waals surface area contributed by atoms with Gasteiger partial charge >= 0.3 is 0 Å². The summed E-state index contributed by atoms with van der Waals surface area (Å²) in [6.07, 6.45) is 3.97. The molecule has 1 N–H and O–H groups in total. The minimum atomic E-state index is -1.20. The van der Waals surface area contributed by atoms with Crippen molar-refractivity contribution in [3.8, 4) is 11.8 Å². The van der Waals surface area contributed by atoms with Crippen LogP contribution in [0.5, 0.6) is 0 Å². The molecule has 0 aliphatic heterocycles. The average molecular weight is 478 g/mol. The number of nitrogens with one attached hydrogen (secondary N) is 1. The number of hydrogen-bond acceptors (Lipinski definition) is 6. The standard InChI is InChI=1S/C24H20ClN5O2S/c1-12-20(25)13(2)30(29-12)15-9-7-14(8-10-15)21(31)17(11-26)22-27-23(32)19-16-5-3-4-6-18(16)33-24(19)28-22/h7-10,17H,3-6H2,1-2H3,(H,27,28,32). The molecule has 0 amide bonds. The fraction of sp³-hybridized carbons (Fsp3) is 0.292. The quantitative estimate of drug-likeness (QED) is 0.425. The molecule has 5 rings (SSSR count). The molecule has 0 radical (unpaired) electrons. The van der Waals surface area contributed by atoms with Crippen LogP contribution in [0.4, 0.5) is 0 Å². The van der Waals surface area contributed by atoms with Crippen LogP contribution in [-0.2, 0) is 12.8 Å². The van der Waals surface area contributed by atoms with Crippen LogP contribution in [-0.4, -0.2) is 25.5 Å². The van der Waals surface area contributed by atoms with E-state index in [2.05, 4.69) is 15.1 Å². The van der Waals surface area contributed by atoms with Gasteiger partial charge in [-0.1, -0.05) is 11.6 Å². The summed E-state index contributed by atoms with van der Waals surface area (Å²) in [5, 5.41) is 15.4. The molecule has 1 atom stereocenters. The van der Waals surface area contributed by atoms with Crippen LogP contribution in [0, 0.1) is 25.2 Å². The second-order valence-electron chi connectivity index (χ2n) is 8.21. The number of ketones is 1. The van der Waals surface area contributed by atoms with Crippen LogP contribution in [0.2, 0.25) is 5.02 Å². The second-order valence-corrected chi connectivity index (χ2v) is 9.67. The van der Waals surface area contributed by atoms with Gasteiger partial charge in [-0.3, -0.25) is 9.59 Å². The lowest BCUT2D eigenvalue weighted by Crippen LogP contribution is -2.20. The minimum absolute atomic E-state index is 0.0907. The Morgan fingerprint density at radius 3 is 2.64 bits per heavy atom. The maximum Gasteiger partial charge on any atom is 0.259 e. The van der Waals surface area contributed by atoms with Crippen molar-refractivity contribution in [3.05, 3.63) is 72.9 Å². The lowest BCUT2D eigenvalue weighted by atomic mass is 9.96. The lowest BCUT2D eigenvalue weighted by molar-refractivity contribution is 0.0976. The molecule has 9 heteroatoms. The van der Waals surface area contributed by atoms with Gasteiger partial charge in [0, 0.05) is 10.4 Å². The maximum atomic E-state index is 13.2. The highest BCUT2D eigenvalue weighted by molar-refractivity contribution is 7.18. The highest BCUT2D eigenvalue weighted by Crippen LogP contribution is 2.34. The number of thiophene rings is 1. The average Bonchev–Trinajstić information content (AvgIpc) is 3.32. The van der Waals surface area contributed by atoms with E-state index in [1.54, 1.807) is 28.9 Å². The summed E-state index contributed by atoms with van der Waals surface area (Å²) in [5.41, 5.74) is 3.42. The number of fused-ring (bicyclic) bond motifs is 3. The number of halogens is 1.